The minimum absolute atomic E-state index is 0.0272. The van der Waals surface area contributed by atoms with Crippen LogP contribution in [0.5, 0.6) is 11.5 Å². The molecule has 29 heavy (non-hydrogen) atoms. The van der Waals surface area contributed by atoms with Gasteiger partial charge in [-0.1, -0.05) is 25.1 Å². The number of carbonyl (C=O) groups excluding carboxylic acids is 1. The smallest absolute Gasteiger partial charge is 0.387 e. The quantitative estimate of drug-likeness (QED) is 0.602. The van der Waals surface area contributed by atoms with E-state index in [9.17, 15) is 18.4 Å². The van der Waals surface area contributed by atoms with Gasteiger partial charge in [0.05, 0.1) is 12.0 Å². The van der Waals surface area contributed by atoms with Gasteiger partial charge in [-0.3, -0.25) is 9.59 Å². The van der Waals surface area contributed by atoms with Crippen LogP contribution >= 0.6 is 0 Å². The van der Waals surface area contributed by atoms with Crippen molar-refractivity contribution < 1.29 is 23.0 Å². The summed E-state index contributed by atoms with van der Waals surface area (Å²) in [6.07, 6.45) is 0.767. The molecule has 152 valence electrons. The third kappa shape index (κ3) is 4.87. The first kappa shape index (κ1) is 20.2. The maximum atomic E-state index is 12.8. The highest BCUT2D eigenvalue weighted by atomic mass is 19.3. The van der Waals surface area contributed by atoms with Crippen LogP contribution in [-0.4, -0.2) is 29.3 Å². The van der Waals surface area contributed by atoms with Crippen LogP contribution in [0.25, 0.3) is 10.8 Å². The predicted octanol–water partition coefficient (Wildman–Crippen LogP) is 3.24. The van der Waals surface area contributed by atoms with Crippen LogP contribution in [0.1, 0.15) is 29.4 Å². The van der Waals surface area contributed by atoms with Gasteiger partial charge in [-0.2, -0.15) is 13.9 Å². The van der Waals surface area contributed by atoms with Crippen molar-refractivity contribution in [2.75, 3.05) is 6.61 Å². The number of benzene rings is 2. The first-order valence-corrected chi connectivity index (χ1v) is 8.95. The minimum atomic E-state index is -3.02. The van der Waals surface area contributed by atoms with E-state index < -0.39 is 18.1 Å². The van der Waals surface area contributed by atoms with E-state index in [0.717, 1.165) is 6.42 Å². The summed E-state index contributed by atoms with van der Waals surface area (Å²) < 4.78 is 35.5. The molecule has 3 aromatic rings. The number of carbonyl (C=O) groups is 1. The number of alkyl halides is 2. The second-order valence-corrected chi connectivity index (χ2v) is 6.13. The maximum Gasteiger partial charge on any atom is 0.387 e. The van der Waals surface area contributed by atoms with Crippen LogP contribution in [0.15, 0.2) is 47.3 Å². The van der Waals surface area contributed by atoms with Crippen molar-refractivity contribution >= 4 is 16.7 Å². The number of aromatic nitrogens is 2. The van der Waals surface area contributed by atoms with Gasteiger partial charge >= 0.3 is 6.61 Å². The Balaban J connectivity index is 1.81. The summed E-state index contributed by atoms with van der Waals surface area (Å²) >= 11 is 0. The fraction of sp³-hybridized carbons (Fsp3) is 0.250. The molecule has 0 bridgehead atoms. The third-order valence-electron chi connectivity index (χ3n) is 4.08. The summed E-state index contributed by atoms with van der Waals surface area (Å²) in [5.74, 6) is -0.259. The van der Waals surface area contributed by atoms with Crippen LogP contribution in [0.4, 0.5) is 8.78 Å². The Morgan fingerprint density at radius 1 is 1.21 bits per heavy atom. The highest BCUT2D eigenvalue weighted by Gasteiger charge is 2.16. The Kier molecular flexibility index (Phi) is 6.38. The molecule has 0 atom stereocenters. The van der Waals surface area contributed by atoms with Crippen LogP contribution in [0.3, 0.4) is 0 Å². The van der Waals surface area contributed by atoms with Crippen molar-refractivity contribution in [3.8, 4) is 11.5 Å². The third-order valence-corrected chi connectivity index (χ3v) is 4.08. The number of aromatic amines is 1. The molecule has 0 fully saturated rings. The highest BCUT2D eigenvalue weighted by molar-refractivity contribution is 6.04. The number of H-pyrrole nitrogens is 1. The summed E-state index contributed by atoms with van der Waals surface area (Å²) in [7, 11) is 0. The van der Waals surface area contributed by atoms with Crippen LogP contribution < -0.4 is 20.3 Å². The van der Waals surface area contributed by atoms with Gasteiger partial charge in [0.15, 0.2) is 5.69 Å². The monoisotopic (exact) mass is 403 g/mol. The summed E-state index contributed by atoms with van der Waals surface area (Å²) in [4.78, 5) is 24.4. The van der Waals surface area contributed by atoms with Crippen LogP contribution in [0, 0.1) is 0 Å². The number of rotatable bonds is 8. The fourth-order valence-corrected chi connectivity index (χ4v) is 2.74. The zero-order valence-corrected chi connectivity index (χ0v) is 15.6. The normalized spacial score (nSPS) is 10.9. The number of amides is 1. The summed E-state index contributed by atoms with van der Waals surface area (Å²) in [5, 5.41) is 9.43. The van der Waals surface area contributed by atoms with E-state index in [-0.39, 0.29) is 18.0 Å². The molecule has 0 unspecified atom stereocenters. The van der Waals surface area contributed by atoms with Crippen molar-refractivity contribution in [2.24, 2.45) is 0 Å². The molecule has 1 heterocycles. The zero-order valence-electron chi connectivity index (χ0n) is 15.6. The summed E-state index contributed by atoms with van der Waals surface area (Å²) in [6.45, 7) is -0.732. The molecule has 2 N–H and O–H groups in total. The molecule has 0 radical (unpaired) electrons. The molecule has 1 aromatic heterocycles. The molecule has 9 heteroatoms. The molecule has 0 saturated carbocycles. The van der Waals surface area contributed by atoms with Gasteiger partial charge in [-0.05, 0) is 24.6 Å². The van der Waals surface area contributed by atoms with Crippen molar-refractivity contribution in [3.05, 3.63) is 64.1 Å². The molecule has 0 spiro atoms. The molecule has 2 aromatic carbocycles. The Labute approximate surface area is 164 Å². The lowest BCUT2D eigenvalue weighted by molar-refractivity contribution is -0.0505. The predicted molar refractivity (Wildman–Crippen MR) is 102 cm³/mol. The number of fused-ring (bicyclic) bond motifs is 1. The van der Waals surface area contributed by atoms with Crippen LogP contribution in [0.2, 0.25) is 0 Å². The van der Waals surface area contributed by atoms with Gasteiger partial charge in [0.1, 0.15) is 11.5 Å². The minimum Gasteiger partial charge on any atom is -0.493 e. The van der Waals surface area contributed by atoms with Gasteiger partial charge in [0, 0.05) is 23.6 Å². The van der Waals surface area contributed by atoms with Gasteiger partial charge in [-0.25, -0.2) is 5.10 Å². The molecule has 0 aliphatic heterocycles. The fourth-order valence-electron chi connectivity index (χ4n) is 2.74. The molecule has 0 aliphatic rings. The van der Waals surface area contributed by atoms with E-state index in [1.54, 1.807) is 36.4 Å². The Hall–Kier alpha value is -3.49. The lowest BCUT2D eigenvalue weighted by atomic mass is 10.1. The lowest BCUT2D eigenvalue weighted by Gasteiger charge is -2.14. The molecule has 0 saturated heterocycles. The number of hydrogen-bond donors (Lipinski definition) is 2. The average Bonchev–Trinajstić information content (AvgIpc) is 2.71. The van der Waals surface area contributed by atoms with Crippen molar-refractivity contribution in [3.63, 3.8) is 0 Å². The van der Waals surface area contributed by atoms with E-state index in [4.69, 9.17) is 4.74 Å². The Morgan fingerprint density at radius 2 is 1.97 bits per heavy atom. The van der Waals surface area contributed by atoms with Gasteiger partial charge in [0.25, 0.3) is 11.5 Å². The Morgan fingerprint density at radius 3 is 2.69 bits per heavy atom. The van der Waals surface area contributed by atoms with E-state index in [0.29, 0.717) is 28.7 Å². The molecular weight excluding hydrogens is 384 g/mol. The summed E-state index contributed by atoms with van der Waals surface area (Å²) in [5.41, 5.74) is -0.0388. The largest absolute Gasteiger partial charge is 0.493 e. The first-order valence-electron chi connectivity index (χ1n) is 8.95. The van der Waals surface area contributed by atoms with Crippen molar-refractivity contribution in [1.82, 2.24) is 15.5 Å². The topological polar surface area (TPSA) is 93.3 Å². The first-order chi connectivity index (χ1) is 14.0. The second-order valence-electron chi connectivity index (χ2n) is 6.13. The number of nitrogens with one attached hydrogen (secondary N) is 2. The lowest BCUT2D eigenvalue weighted by Crippen LogP contribution is -2.26. The highest BCUT2D eigenvalue weighted by Crippen LogP contribution is 2.27. The standard InChI is InChI=1S/C20H19F2N3O4/c1-2-9-28-13-8-7-12(16(10-13)29-20(21)22)11-23-19(27)17-14-5-3-4-6-15(14)18(26)25-24-17/h3-8,10,20H,2,9,11H2,1H3,(H,23,27)(H,25,26). The van der Waals surface area contributed by atoms with Crippen molar-refractivity contribution in [2.45, 2.75) is 26.5 Å². The molecular formula is C20H19F2N3O4. The molecule has 7 nitrogen and oxygen atoms in total. The summed E-state index contributed by atoms with van der Waals surface area (Å²) in [6, 6.07) is 11.1. The number of nitrogens with zero attached hydrogens (tertiary/aromatic N) is 1. The van der Waals surface area contributed by atoms with E-state index in [1.807, 2.05) is 6.92 Å². The Bertz CT molecular complexity index is 1070. The molecule has 3 rings (SSSR count). The van der Waals surface area contributed by atoms with Crippen molar-refractivity contribution in [1.29, 1.82) is 0 Å². The average molecular weight is 403 g/mol. The zero-order chi connectivity index (χ0) is 20.8. The molecule has 0 aliphatic carbocycles. The maximum absolute atomic E-state index is 12.8. The number of halogens is 2. The van der Waals surface area contributed by atoms with Gasteiger partial charge in [-0.15, -0.1) is 0 Å². The van der Waals surface area contributed by atoms with E-state index in [1.165, 1.54) is 6.07 Å². The van der Waals surface area contributed by atoms with Crippen LogP contribution in [-0.2, 0) is 6.54 Å². The number of hydrogen-bond acceptors (Lipinski definition) is 5. The number of ether oxygens (including phenoxy) is 2. The SMILES string of the molecule is CCCOc1ccc(CNC(=O)c2n[nH]c(=O)c3ccccc23)c(OC(F)F)c1. The van der Waals surface area contributed by atoms with Gasteiger partial charge in [0.2, 0.25) is 0 Å². The van der Waals surface area contributed by atoms with E-state index in [2.05, 4.69) is 20.3 Å². The van der Waals surface area contributed by atoms with Gasteiger partial charge < -0.3 is 14.8 Å². The molecule has 1 amide bonds. The van der Waals surface area contributed by atoms with E-state index >= 15 is 0 Å². The second kappa shape index (κ2) is 9.13.